The summed E-state index contributed by atoms with van der Waals surface area (Å²) in [7, 11) is 0. The summed E-state index contributed by atoms with van der Waals surface area (Å²) in [5, 5.41) is 4.44. The zero-order valence-corrected chi connectivity index (χ0v) is 14.9. The highest BCUT2D eigenvalue weighted by Crippen LogP contribution is 2.41. The highest BCUT2D eigenvalue weighted by atomic mass is 35.5. The molecule has 2 heterocycles. The summed E-state index contributed by atoms with van der Waals surface area (Å²) < 4.78 is 0. The lowest BCUT2D eigenvalue weighted by atomic mass is 10.0. The third kappa shape index (κ3) is 5.12. The zero-order valence-electron chi connectivity index (χ0n) is 11.7. The molecule has 0 radical (unpaired) electrons. The van der Waals surface area contributed by atoms with Gasteiger partial charge in [0, 0.05) is 37.8 Å². The fourth-order valence-electron chi connectivity index (χ4n) is 2.81. The van der Waals surface area contributed by atoms with Gasteiger partial charge in [-0.1, -0.05) is 42.1 Å². The van der Waals surface area contributed by atoms with Crippen LogP contribution in [0.4, 0.5) is 0 Å². The topological polar surface area (TPSA) is 28.2 Å². The van der Waals surface area contributed by atoms with E-state index in [2.05, 4.69) is 15.2 Å². The van der Waals surface area contributed by atoms with Gasteiger partial charge in [0.25, 0.3) is 0 Å². The Balaban J connectivity index is 0.00000110. The minimum absolute atomic E-state index is 0. The summed E-state index contributed by atoms with van der Waals surface area (Å²) in [6.45, 7) is 4.27. The van der Waals surface area contributed by atoms with Crippen molar-refractivity contribution >= 4 is 48.0 Å². The summed E-state index contributed by atoms with van der Waals surface area (Å²) in [4.78, 5) is 6.74. The Hall–Kier alpha value is 0.230. The van der Waals surface area contributed by atoms with E-state index in [9.17, 15) is 0 Å². The van der Waals surface area contributed by atoms with Gasteiger partial charge in [0.2, 0.25) is 0 Å². The largest absolute Gasteiger partial charge is 0.314 e. The molecule has 7 heteroatoms. The van der Waals surface area contributed by atoms with Crippen molar-refractivity contribution in [3.8, 4) is 0 Å². The number of halogens is 4. The van der Waals surface area contributed by atoms with Crippen molar-refractivity contribution in [3.05, 3.63) is 28.0 Å². The molecule has 1 saturated carbocycles. The summed E-state index contributed by atoms with van der Waals surface area (Å²) in [5.74, 6) is 0.867. The fraction of sp³-hybridized carbons (Fsp3) is 0.643. The molecule has 0 unspecified atom stereocenters. The summed E-state index contributed by atoms with van der Waals surface area (Å²) >= 11 is 12.2. The van der Waals surface area contributed by atoms with Crippen molar-refractivity contribution in [1.29, 1.82) is 0 Å². The molecule has 120 valence electrons. The van der Waals surface area contributed by atoms with Crippen LogP contribution < -0.4 is 5.32 Å². The lowest BCUT2D eigenvalue weighted by molar-refractivity contribution is 0.160. The molecule has 2 fully saturated rings. The molecule has 0 aromatic carbocycles. The molecule has 0 bridgehead atoms. The number of piperazine rings is 1. The second-order valence-electron chi connectivity index (χ2n) is 5.49. The lowest BCUT2D eigenvalue weighted by Crippen LogP contribution is -2.45. The van der Waals surface area contributed by atoms with Crippen LogP contribution in [0.25, 0.3) is 0 Å². The Kier molecular flexibility index (Phi) is 8.04. The molecule has 2 aliphatic rings. The van der Waals surface area contributed by atoms with E-state index in [1.165, 1.54) is 19.3 Å². The smallest absolute Gasteiger partial charge is 0.135 e. The van der Waals surface area contributed by atoms with E-state index in [-0.39, 0.29) is 24.8 Å². The van der Waals surface area contributed by atoms with Crippen molar-refractivity contribution in [2.75, 3.05) is 26.2 Å². The maximum atomic E-state index is 6.31. The highest BCUT2D eigenvalue weighted by Gasteiger charge is 2.31. The molecule has 1 N–H and O–H groups in total. The van der Waals surface area contributed by atoms with Crippen LogP contribution in [0.2, 0.25) is 10.3 Å². The first kappa shape index (κ1) is 19.3. The van der Waals surface area contributed by atoms with Gasteiger partial charge in [-0.2, -0.15) is 0 Å². The lowest BCUT2D eigenvalue weighted by Gasteiger charge is -2.35. The molecule has 1 atom stereocenters. The molecule has 1 saturated heterocycles. The van der Waals surface area contributed by atoms with E-state index in [1.807, 2.05) is 12.1 Å². The van der Waals surface area contributed by atoms with E-state index in [1.54, 1.807) is 0 Å². The predicted octanol–water partition coefficient (Wildman–Crippen LogP) is 3.98. The maximum Gasteiger partial charge on any atom is 0.135 e. The Morgan fingerprint density at radius 3 is 2.43 bits per heavy atom. The average molecular weight is 373 g/mol. The quantitative estimate of drug-likeness (QED) is 0.810. The van der Waals surface area contributed by atoms with Gasteiger partial charge >= 0.3 is 0 Å². The van der Waals surface area contributed by atoms with Gasteiger partial charge in [-0.3, -0.25) is 4.90 Å². The Morgan fingerprint density at radius 1 is 1.19 bits per heavy atom. The third-order valence-corrected chi connectivity index (χ3v) is 4.56. The van der Waals surface area contributed by atoms with Crippen molar-refractivity contribution in [2.45, 2.75) is 25.3 Å². The second kappa shape index (κ2) is 8.76. The van der Waals surface area contributed by atoms with Gasteiger partial charge in [-0.15, -0.1) is 24.8 Å². The molecule has 1 aromatic heterocycles. The highest BCUT2D eigenvalue weighted by molar-refractivity contribution is 6.32. The molecule has 1 aliphatic carbocycles. The molecule has 1 aliphatic heterocycles. The van der Waals surface area contributed by atoms with Crippen LogP contribution >= 0.6 is 48.0 Å². The van der Waals surface area contributed by atoms with Crippen LogP contribution in [0.1, 0.15) is 30.9 Å². The molecular weight excluding hydrogens is 352 g/mol. The number of nitrogens with one attached hydrogen (secondary N) is 1. The molecule has 1 aromatic rings. The molecule has 0 amide bonds. The van der Waals surface area contributed by atoms with Crippen LogP contribution in [-0.2, 0) is 0 Å². The van der Waals surface area contributed by atoms with E-state index >= 15 is 0 Å². The third-order valence-electron chi connectivity index (χ3n) is 4.05. The minimum atomic E-state index is 0. The van der Waals surface area contributed by atoms with E-state index in [0.717, 1.165) is 37.7 Å². The van der Waals surface area contributed by atoms with Crippen LogP contribution in [0.3, 0.4) is 0 Å². The summed E-state index contributed by atoms with van der Waals surface area (Å²) in [5.41, 5.74) is 1.14. The standard InChI is InChI=1S/C14H19Cl2N3.2ClH/c15-13-4-3-11(14(16)18-13)12(9-10-1-2-10)19-7-5-17-6-8-19;;/h3-4,10,12,17H,1-2,5-9H2;2*1H/t12-;;/m1../s1. The minimum Gasteiger partial charge on any atom is -0.314 e. The van der Waals surface area contributed by atoms with E-state index < -0.39 is 0 Å². The molecule has 0 spiro atoms. The van der Waals surface area contributed by atoms with Gasteiger partial charge in [-0.25, -0.2) is 4.98 Å². The number of hydrogen-bond acceptors (Lipinski definition) is 3. The Labute approximate surface area is 148 Å². The monoisotopic (exact) mass is 371 g/mol. The van der Waals surface area contributed by atoms with Crippen LogP contribution in [0, 0.1) is 5.92 Å². The normalized spacial score (nSPS) is 20.3. The molecule has 3 nitrogen and oxygen atoms in total. The average Bonchev–Trinajstić information content (AvgIpc) is 3.22. The van der Waals surface area contributed by atoms with Crippen molar-refractivity contribution in [2.24, 2.45) is 5.92 Å². The number of rotatable bonds is 4. The molecule has 3 rings (SSSR count). The van der Waals surface area contributed by atoms with Crippen LogP contribution in [0.5, 0.6) is 0 Å². The number of nitrogens with zero attached hydrogens (tertiary/aromatic N) is 2. The number of hydrogen-bond donors (Lipinski definition) is 1. The van der Waals surface area contributed by atoms with Gasteiger partial charge in [0.05, 0.1) is 0 Å². The first-order chi connectivity index (χ1) is 9.24. The van der Waals surface area contributed by atoms with E-state index in [4.69, 9.17) is 23.2 Å². The van der Waals surface area contributed by atoms with Gasteiger partial charge in [-0.05, 0) is 18.4 Å². The summed E-state index contributed by atoms with van der Waals surface area (Å²) in [6.07, 6.45) is 3.92. The van der Waals surface area contributed by atoms with Gasteiger partial charge in [0.1, 0.15) is 10.3 Å². The summed E-state index contributed by atoms with van der Waals surface area (Å²) in [6, 6.07) is 4.30. The van der Waals surface area contributed by atoms with E-state index in [0.29, 0.717) is 16.3 Å². The zero-order chi connectivity index (χ0) is 13.2. The Bertz CT molecular complexity index is 448. The SMILES string of the molecule is Cl.Cl.Clc1ccc([C@@H](CC2CC2)N2CCNCC2)c(Cl)n1. The fourth-order valence-corrected chi connectivity index (χ4v) is 3.28. The van der Waals surface area contributed by atoms with Crippen LogP contribution in [-0.4, -0.2) is 36.1 Å². The number of aromatic nitrogens is 1. The Morgan fingerprint density at radius 2 is 1.86 bits per heavy atom. The van der Waals surface area contributed by atoms with Gasteiger partial charge in [0.15, 0.2) is 0 Å². The van der Waals surface area contributed by atoms with Crippen molar-refractivity contribution in [1.82, 2.24) is 15.2 Å². The molecule has 21 heavy (non-hydrogen) atoms. The first-order valence-electron chi connectivity index (χ1n) is 7.01. The van der Waals surface area contributed by atoms with Crippen LogP contribution in [0.15, 0.2) is 12.1 Å². The van der Waals surface area contributed by atoms with Gasteiger partial charge < -0.3 is 5.32 Å². The second-order valence-corrected chi connectivity index (χ2v) is 6.24. The van der Waals surface area contributed by atoms with Crippen molar-refractivity contribution in [3.63, 3.8) is 0 Å². The van der Waals surface area contributed by atoms with Crippen molar-refractivity contribution < 1.29 is 0 Å². The predicted molar refractivity (Wildman–Crippen MR) is 93.3 cm³/mol. The molecular formula is C14H21Cl4N3. The maximum absolute atomic E-state index is 6.31. The first-order valence-corrected chi connectivity index (χ1v) is 7.76. The number of pyridine rings is 1.